The topological polar surface area (TPSA) is 77.8 Å². The summed E-state index contributed by atoms with van der Waals surface area (Å²) >= 11 is 2.67. The number of benzene rings is 1. The van der Waals surface area contributed by atoms with Crippen LogP contribution in [0, 0.1) is 0 Å². The van der Waals surface area contributed by atoms with Crippen molar-refractivity contribution in [2.24, 2.45) is 0 Å². The Balaban J connectivity index is 1.87. The third-order valence-electron chi connectivity index (χ3n) is 4.21. The van der Waals surface area contributed by atoms with E-state index in [1.807, 2.05) is 0 Å². The molecule has 1 fully saturated rings. The average Bonchev–Trinajstić information content (AvgIpc) is 3.02. The van der Waals surface area contributed by atoms with Crippen molar-refractivity contribution in [1.82, 2.24) is 4.90 Å². The average molecular weight is 432 g/mol. The van der Waals surface area contributed by atoms with E-state index in [4.69, 9.17) is 5.11 Å². The highest BCUT2D eigenvalue weighted by Crippen LogP contribution is 2.33. The Morgan fingerprint density at radius 3 is 2.75 bits per heavy atom. The molecule has 0 spiro atoms. The van der Waals surface area contributed by atoms with Crippen LogP contribution in [0.1, 0.15) is 18.4 Å². The van der Waals surface area contributed by atoms with Gasteiger partial charge in [0.15, 0.2) is 0 Å². The summed E-state index contributed by atoms with van der Waals surface area (Å²) < 4.78 is 28.7. The standard InChI is InChI=1S/C19H23F2NO4S2/c20-19(21,14-5-2-1-3-6-14)16(23)9-8-15-13-28-18(26)22(15)10-12-27-11-4-7-17(24)25/h1-3,5-6,8-9,15-16,23H,4,7,10-13H2,(H,24,25). The van der Waals surface area contributed by atoms with Crippen molar-refractivity contribution in [3.05, 3.63) is 48.0 Å². The number of aliphatic carboxylic acids is 1. The molecular weight excluding hydrogens is 408 g/mol. The first-order valence-electron chi connectivity index (χ1n) is 8.85. The van der Waals surface area contributed by atoms with Gasteiger partial charge in [0.1, 0.15) is 6.10 Å². The molecule has 154 valence electrons. The Kier molecular flexibility index (Phi) is 8.78. The Bertz CT molecular complexity index is 688. The van der Waals surface area contributed by atoms with Gasteiger partial charge in [0.2, 0.25) is 0 Å². The number of aliphatic hydroxyl groups is 1. The Morgan fingerprint density at radius 2 is 2.07 bits per heavy atom. The van der Waals surface area contributed by atoms with Gasteiger partial charge >= 0.3 is 11.9 Å². The predicted octanol–water partition coefficient (Wildman–Crippen LogP) is 3.83. The van der Waals surface area contributed by atoms with Crippen molar-refractivity contribution in [3.63, 3.8) is 0 Å². The molecular formula is C19H23F2NO4S2. The van der Waals surface area contributed by atoms with Gasteiger partial charge < -0.3 is 15.1 Å². The van der Waals surface area contributed by atoms with Gasteiger partial charge in [-0.05, 0) is 12.2 Å². The maximum atomic E-state index is 14.3. The zero-order chi connectivity index (χ0) is 20.6. The zero-order valence-electron chi connectivity index (χ0n) is 15.2. The second-order valence-electron chi connectivity index (χ2n) is 6.27. The maximum absolute atomic E-state index is 14.3. The summed E-state index contributed by atoms with van der Waals surface area (Å²) in [6.45, 7) is 0.448. The fraction of sp³-hybridized carbons (Fsp3) is 0.474. The van der Waals surface area contributed by atoms with E-state index in [0.29, 0.717) is 30.2 Å². The van der Waals surface area contributed by atoms with Crippen LogP contribution in [0.5, 0.6) is 0 Å². The van der Waals surface area contributed by atoms with Gasteiger partial charge in [0.05, 0.1) is 6.04 Å². The molecule has 1 aliphatic rings. The largest absolute Gasteiger partial charge is 0.481 e. The number of alkyl halides is 2. The molecule has 2 unspecified atom stereocenters. The number of carbonyl (C=O) groups is 2. The molecule has 1 aromatic carbocycles. The summed E-state index contributed by atoms with van der Waals surface area (Å²) in [6, 6.07) is 6.78. The summed E-state index contributed by atoms with van der Waals surface area (Å²) in [5, 5.41) is 18.4. The van der Waals surface area contributed by atoms with Crippen molar-refractivity contribution in [2.75, 3.05) is 23.8 Å². The third-order valence-corrected chi connectivity index (χ3v) is 6.25. The minimum Gasteiger partial charge on any atom is -0.481 e. The number of rotatable bonds is 11. The predicted molar refractivity (Wildman–Crippen MR) is 108 cm³/mol. The van der Waals surface area contributed by atoms with Crippen molar-refractivity contribution < 1.29 is 28.6 Å². The quantitative estimate of drug-likeness (QED) is 0.410. The van der Waals surface area contributed by atoms with Crippen LogP contribution in [0.15, 0.2) is 42.5 Å². The minimum atomic E-state index is -3.42. The van der Waals surface area contributed by atoms with Crippen molar-refractivity contribution in [3.8, 4) is 0 Å². The second kappa shape index (κ2) is 10.8. The van der Waals surface area contributed by atoms with E-state index in [2.05, 4.69) is 0 Å². The van der Waals surface area contributed by atoms with E-state index >= 15 is 0 Å². The van der Waals surface area contributed by atoms with Crippen LogP contribution in [0.4, 0.5) is 13.6 Å². The van der Waals surface area contributed by atoms with Gasteiger partial charge in [-0.15, -0.1) is 0 Å². The molecule has 5 nitrogen and oxygen atoms in total. The van der Waals surface area contributed by atoms with Gasteiger partial charge in [-0.25, -0.2) is 0 Å². The number of halogens is 2. The van der Waals surface area contributed by atoms with Crippen LogP contribution in [-0.4, -0.2) is 62.3 Å². The molecule has 1 aromatic rings. The lowest BCUT2D eigenvalue weighted by molar-refractivity contribution is -0.137. The van der Waals surface area contributed by atoms with E-state index in [1.54, 1.807) is 22.7 Å². The number of carboxylic acid groups (broad SMARTS) is 1. The number of hydrogen-bond donors (Lipinski definition) is 2. The molecule has 2 N–H and O–H groups in total. The summed E-state index contributed by atoms with van der Waals surface area (Å²) in [7, 11) is 0. The Morgan fingerprint density at radius 1 is 1.36 bits per heavy atom. The molecule has 2 atom stereocenters. The van der Waals surface area contributed by atoms with Crippen LogP contribution in [0.2, 0.25) is 0 Å². The highest BCUT2D eigenvalue weighted by Gasteiger charge is 2.39. The number of carboxylic acids is 1. The number of thioether (sulfide) groups is 2. The van der Waals surface area contributed by atoms with Crippen LogP contribution < -0.4 is 0 Å². The number of nitrogens with zero attached hydrogens (tertiary/aromatic N) is 1. The molecule has 1 amide bonds. The Labute approximate surface area is 171 Å². The van der Waals surface area contributed by atoms with Gasteiger partial charge in [0, 0.05) is 30.0 Å². The lowest BCUT2D eigenvalue weighted by Gasteiger charge is -2.23. The first-order valence-corrected chi connectivity index (χ1v) is 11.0. The van der Waals surface area contributed by atoms with Gasteiger partial charge in [0.25, 0.3) is 5.24 Å². The van der Waals surface area contributed by atoms with Crippen molar-refractivity contribution in [1.29, 1.82) is 0 Å². The van der Waals surface area contributed by atoms with Crippen LogP contribution in [0.3, 0.4) is 0 Å². The summed E-state index contributed by atoms with van der Waals surface area (Å²) in [5.41, 5.74) is -0.265. The molecule has 1 aliphatic heterocycles. The van der Waals surface area contributed by atoms with Gasteiger partial charge in [-0.3, -0.25) is 9.59 Å². The SMILES string of the molecule is O=C(O)CCCSCCN1C(=O)SCC1C=CC(O)C(F)(F)c1ccccc1. The molecule has 0 radical (unpaired) electrons. The Hall–Kier alpha value is -1.58. The van der Waals surface area contributed by atoms with E-state index in [9.17, 15) is 23.5 Å². The van der Waals surface area contributed by atoms with Gasteiger partial charge in [-0.1, -0.05) is 54.2 Å². The summed E-state index contributed by atoms with van der Waals surface area (Å²) in [5.74, 6) is -2.48. The summed E-state index contributed by atoms with van der Waals surface area (Å²) in [6.07, 6.45) is 1.22. The fourth-order valence-corrected chi connectivity index (χ4v) is 4.53. The van der Waals surface area contributed by atoms with Crippen molar-refractivity contribution in [2.45, 2.75) is 30.9 Å². The molecule has 9 heteroatoms. The molecule has 0 saturated carbocycles. The highest BCUT2D eigenvalue weighted by molar-refractivity contribution is 8.13. The van der Waals surface area contributed by atoms with Crippen LogP contribution >= 0.6 is 23.5 Å². The monoisotopic (exact) mass is 431 g/mol. The normalized spacial score (nSPS) is 18.8. The third kappa shape index (κ3) is 6.49. The number of hydrogen-bond acceptors (Lipinski definition) is 5. The van der Waals surface area contributed by atoms with Crippen molar-refractivity contribution >= 4 is 34.7 Å². The zero-order valence-corrected chi connectivity index (χ0v) is 16.8. The summed E-state index contributed by atoms with van der Waals surface area (Å²) in [4.78, 5) is 24.1. The smallest absolute Gasteiger partial charge is 0.303 e. The molecule has 2 rings (SSSR count). The van der Waals surface area contributed by atoms with Crippen LogP contribution in [-0.2, 0) is 10.7 Å². The van der Waals surface area contributed by atoms with Gasteiger partial charge in [-0.2, -0.15) is 20.5 Å². The van der Waals surface area contributed by atoms with E-state index in [-0.39, 0.29) is 23.3 Å². The number of carbonyl (C=O) groups excluding carboxylic acids is 1. The van der Waals surface area contributed by atoms with E-state index in [1.165, 1.54) is 30.3 Å². The second-order valence-corrected chi connectivity index (χ2v) is 8.46. The number of aliphatic hydroxyl groups excluding tert-OH is 1. The molecule has 28 heavy (non-hydrogen) atoms. The lowest BCUT2D eigenvalue weighted by Crippen LogP contribution is -2.35. The van der Waals surface area contributed by atoms with Crippen LogP contribution in [0.25, 0.3) is 0 Å². The molecule has 0 aliphatic carbocycles. The lowest BCUT2D eigenvalue weighted by atomic mass is 10.0. The van der Waals surface area contributed by atoms with E-state index < -0.39 is 18.0 Å². The molecule has 0 bridgehead atoms. The first kappa shape index (κ1) is 22.7. The highest BCUT2D eigenvalue weighted by atomic mass is 32.2. The first-order chi connectivity index (χ1) is 13.3. The molecule has 0 aromatic heterocycles. The molecule has 1 saturated heterocycles. The maximum Gasteiger partial charge on any atom is 0.303 e. The fourth-order valence-electron chi connectivity index (χ4n) is 2.66. The minimum absolute atomic E-state index is 0.115. The van der Waals surface area contributed by atoms with E-state index in [0.717, 1.165) is 17.8 Å². The number of amides is 1. The molecule has 1 heterocycles.